The summed E-state index contributed by atoms with van der Waals surface area (Å²) in [6.07, 6.45) is -1.57. The van der Waals surface area contributed by atoms with Crippen LogP contribution in [0.5, 0.6) is 5.75 Å². The van der Waals surface area contributed by atoms with Crippen molar-refractivity contribution in [1.82, 2.24) is 4.98 Å². The van der Waals surface area contributed by atoms with Crippen LogP contribution in [-0.2, 0) is 0 Å². The number of alkyl halides is 3. The van der Waals surface area contributed by atoms with Crippen LogP contribution in [0.2, 0.25) is 0 Å². The molecule has 0 atom stereocenters. The molecular weight excluding hydrogens is 245 g/mol. The monoisotopic (exact) mass is 254 g/mol. The molecule has 0 fully saturated rings. The van der Waals surface area contributed by atoms with Crippen LogP contribution >= 0.6 is 0 Å². The predicted octanol–water partition coefficient (Wildman–Crippen LogP) is 3.23. The van der Waals surface area contributed by atoms with Crippen molar-refractivity contribution < 1.29 is 17.9 Å². The lowest BCUT2D eigenvalue weighted by molar-refractivity contribution is -0.274. The first-order chi connectivity index (χ1) is 8.46. The van der Waals surface area contributed by atoms with Crippen molar-refractivity contribution in [3.05, 3.63) is 42.7 Å². The highest BCUT2D eigenvalue weighted by molar-refractivity contribution is 5.70. The molecule has 0 aliphatic heterocycles. The van der Waals surface area contributed by atoms with E-state index < -0.39 is 12.1 Å². The SMILES string of the molecule is Nc1cc(-c2ccncc2)ccc1OC(F)(F)F. The highest BCUT2D eigenvalue weighted by atomic mass is 19.4. The van der Waals surface area contributed by atoms with Crippen molar-refractivity contribution in [3.63, 3.8) is 0 Å². The third-order valence-electron chi connectivity index (χ3n) is 2.25. The smallest absolute Gasteiger partial charge is 0.404 e. The van der Waals surface area contributed by atoms with E-state index in [1.54, 1.807) is 24.5 Å². The number of rotatable bonds is 2. The van der Waals surface area contributed by atoms with Gasteiger partial charge in [-0.3, -0.25) is 4.98 Å². The van der Waals surface area contributed by atoms with Crippen molar-refractivity contribution in [2.45, 2.75) is 6.36 Å². The van der Waals surface area contributed by atoms with E-state index in [4.69, 9.17) is 5.73 Å². The summed E-state index contributed by atoms with van der Waals surface area (Å²) in [4.78, 5) is 3.85. The summed E-state index contributed by atoms with van der Waals surface area (Å²) >= 11 is 0. The van der Waals surface area contributed by atoms with Gasteiger partial charge in [-0.2, -0.15) is 0 Å². The molecule has 1 heterocycles. The van der Waals surface area contributed by atoms with Gasteiger partial charge in [0.2, 0.25) is 0 Å². The lowest BCUT2D eigenvalue weighted by atomic mass is 10.1. The van der Waals surface area contributed by atoms with Gasteiger partial charge in [-0.1, -0.05) is 6.07 Å². The first-order valence-corrected chi connectivity index (χ1v) is 5.01. The van der Waals surface area contributed by atoms with Gasteiger partial charge < -0.3 is 10.5 Å². The fraction of sp³-hybridized carbons (Fsp3) is 0.0833. The third kappa shape index (κ3) is 2.91. The van der Waals surface area contributed by atoms with E-state index in [-0.39, 0.29) is 5.69 Å². The van der Waals surface area contributed by atoms with E-state index in [0.29, 0.717) is 5.56 Å². The molecule has 3 nitrogen and oxygen atoms in total. The Morgan fingerprint density at radius 2 is 1.67 bits per heavy atom. The molecule has 2 rings (SSSR count). The Morgan fingerprint density at radius 1 is 1.00 bits per heavy atom. The van der Waals surface area contributed by atoms with Crippen LogP contribution in [0.3, 0.4) is 0 Å². The Bertz CT molecular complexity index is 541. The number of hydrogen-bond donors (Lipinski definition) is 1. The number of nitrogens with two attached hydrogens (primary N) is 1. The number of aromatic nitrogens is 1. The lowest BCUT2D eigenvalue weighted by Gasteiger charge is -2.12. The van der Waals surface area contributed by atoms with E-state index in [2.05, 4.69) is 9.72 Å². The summed E-state index contributed by atoms with van der Waals surface area (Å²) in [7, 11) is 0. The fourth-order valence-corrected chi connectivity index (χ4v) is 1.49. The summed E-state index contributed by atoms with van der Waals surface area (Å²) in [5.41, 5.74) is 6.97. The average molecular weight is 254 g/mol. The van der Waals surface area contributed by atoms with Crippen molar-refractivity contribution >= 4 is 5.69 Å². The second-order valence-corrected chi connectivity index (χ2v) is 3.54. The van der Waals surface area contributed by atoms with Gasteiger partial charge in [-0.25, -0.2) is 0 Å². The lowest BCUT2D eigenvalue weighted by Crippen LogP contribution is -2.17. The molecule has 18 heavy (non-hydrogen) atoms. The molecule has 0 saturated heterocycles. The molecule has 0 radical (unpaired) electrons. The molecule has 0 unspecified atom stereocenters. The zero-order valence-electron chi connectivity index (χ0n) is 9.11. The fourth-order valence-electron chi connectivity index (χ4n) is 1.49. The van der Waals surface area contributed by atoms with E-state index in [1.165, 1.54) is 18.2 Å². The van der Waals surface area contributed by atoms with Crippen molar-refractivity contribution in [2.75, 3.05) is 5.73 Å². The Hall–Kier alpha value is -2.24. The van der Waals surface area contributed by atoms with Gasteiger partial charge in [-0.15, -0.1) is 13.2 Å². The van der Waals surface area contributed by atoms with E-state index in [0.717, 1.165) is 5.56 Å². The minimum atomic E-state index is -4.74. The third-order valence-corrected chi connectivity index (χ3v) is 2.25. The van der Waals surface area contributed by atoms with Crippen LogP contribution in [-0.4, -0.2) is 11.3 Å². The van der Waals surface area contributed by atoms with Crippen molar-refractivity contribution in [2.24, 2.45) is 0 Å². The first-order valence-electron chi connectivity index (χ1n) is 5.01. The van der Waals surface area contributed by atoms with Gasteiger partial charge in [0.1, 0.15) is 0 Å². The maximum absolute atomic E-state index is 12.1. The minimum Gasteiger partial charge on any atom is -0.404 e. The number of ether oxygens (including phenoxy) is 1. The van der Waals surface area contributed by atoms with Crippen LogP contribution in [0.25, 0.3) is 11.1 Å². The van der Waals surface area contributed by atoms with Crippen LogP contribution < -0.4 is 10.5 Å². The summed E-state index contributed by atoms with van der Waals surface area (Å²) < 4.78 is 40.0. The van der Waals surface area contributed by atoms with Gasteiger partial charge in [-0.05, 0) is 35.4 Å². The molecule has 94 valence electrons. The minimum absolute atomic E-state index is 0.0679. The molecule has 2 N–H and O–H groups in total. The van der Waals surface area contributed by atoms with E-state index in [1.807, 2.05) is 0 Å². The molecule has 1 aromatic heterocycles. The van der Waals surface area contributed by atoms with Gasteiger partial charge in [0, 0.05) is 12.4 Å². The average Bonchev–Trinajstić information content (AvgIpc) is 2.31. The quantitative estimate of drug-likeness (QED) is 0.837. The largest absolute Gasteiger partial charge is 0.573 e. The Balaban J connectivity index is 2.31. The highest BCUT2D eigenvalue weighted by Gasteiger charge is 2.31. The van der Waals surface area contributed by atoms with Gasteiger partial charge in [0.15, 0.2) is 5.75 Å². The zero-order chi connectivity index (χ0) is 13.2. The van der Waals surface area contributed by atoms with Crippen LogP contribution in [0.4, 0.5) is 18.9 Å². The number of nitrogen functional groups attached to an aromatic ring is 1. The van der Waals surface area contributed by atoms with E-state index >= 15 is 0 Å². The van der Waals surface area contributed by atoms with Gasteiger partial charge >= 0.3 is 6.36 Å². The summed E-state index contributed by atoms with van der Waals surface area (Å²) in [6, 6.07) is 7.60. The summed E-state index contributed by atoms with van der Waals surface area (Å²) in [5, 5.41) is 0. The summed E-state index contributed by atoms with van der Waals surface area (Å²) in [5.74, 6) is -0.402. The zero-order valence-corrected chi connectivity index (χ0v) is 9.11. The highest BCUT2D eigenvalue weighted by Crippen LogP contribution is 2.31. The molecule has 0 aliphatic rings. The number of benzene rings is 1. The van der Waals surface area contributed by atoms with Gasteiger partial charge in [0.05, 0.1) is 5.69 Å². The second-order valence-electron chi connectivity index (χ2n) is 3.54. The van der Waals surface area contributed by atoms with Gasteiger partial charge in [0.25, 0.3) is 0 Å². The maximum atomic E-state index is 12.1. The standard InChI is InChI=1S/C12H9F3N2O/c13-12(14,15)18-11-2-1-9(7-10(11)16)8-3-5-17-6-4-8/h1-7H,16H2. The molecular formula is C12H9F3N2O. The summed E-state index contributed by atoms with van der Waals surface area (Å²) in [6.45, 7) is 0. The number of halogens is 3. The first kappa shape index (κ1) is 12.2. The van der Waals surface area contributed by atoms with Crippen LogP contribution in [0.1, 0.15) is 0 Å². The molecule has 0 aliphatic carbocycles. The molecule has 0 amide bonds. The van der Waals surface area contributed by atoms with E-state index in [9.17, 15) is 13.2 Å². The molecule has 1 aromatic carbocycles. The molecule has 6 heteroatoms. The Morgan fingerprint density at radius 3 is 2.22 bits per heavy atom. The predicted molar refractivity (Wildman–Crippen MR) is 60.8 cm³/mol. The number of anilines is 1. The normalized spacial score (nSPS) is 11.3. The molecule has 0 spiro atoms. The van der Waals surface area contributed by atoms with Crippen molar-refractivity contribution in [1.29, 1.82) is 0 Å². The second kappa shape index (κ2) is 4.56. The topological polar surface area (TPSA) is 48.1 Å². The Labute approximate surface area is 101 Å². The molecule has 0 saturated carbocycles. The van der Waals surface area contributed by atoms with Crippen LogP contribution in [0.15, 0.2) is 42.7 Å². The number of hydrogen-bond acceptors (Lipinski definition) is 3. The maximum Gasteiger partial charge on any atom is 0.573 e. The molecule has 0 bridgehead atoms. The number of nitrogens with zero attached hydrogens (tertiary/aromatic N) is 1. The van der Waals surface area contributed by atoms with Crippen molar-refractivity contribution in [3.8, 4) is 16.9 Å². The molecule has 2 aromatic rings. The number of pyridine rings is 1. The Kier molecular flexibility index (Phi) is 3.10. The van der Waals surface area contributed by atoms with Crippen LogP contribution in [0, 0.1) is 0 Å².